The number of benzene rings is 1. The third-order valence-corrected chi connectivity index (χ3v) is 3.97. The van der Waals surface area contributed by atoms with Crippen LogP contribution in [0.4, 0.5) is 5.69 Å². The minimum atomic E-state index is -3.42. The maximum atomic E-state index is 12.0. The monoisotopic (exact) mass is 256 g/mol. The molecule has 96 valence electrons. The molecule has 0 aliphatic rings. The molecule has 0 radical (unpaired) electrons. The van der Waals surface area contributed by atoms with Crippen LogP contribution in [0.2, 0.25) is 0 Å². The molecule has 1 rings (SSSR count). The van der Waals surface area contributed by atoms with Crippen LogP contribution < -0.4 is 10.5 Å². The Morgan fingerprint density at radius 2 is 1.94 bits per heavy atom. The van der Waals surface area contributed by atoms with Crippen molar-refractivity contribution in [2.45, 2.75) is 38.0 Å². The van der Waals surface area contributed by atoms with Crippen molar-refractivity contribution in [3.8, 4) is 0 Å². The highest BCUT2D eigenvalue weighted by Crippen LogP contribution is 2.17. The Kier molecular flexibility index (Phi) is 4.96. The quantitative estimate of drug-likeness (QED) is 0.603. The molecule has 0 fully saturated rings. The Balaban J connectivity index is 2.94. The molecular weight excluding hydrogens is 236 g/mol. The first-order valence-electron chi connectivity index (χ1n) is 5.88. The lowest BCUT2D eigenvalue weighted by Crippen LogP contribution is -2.24. The van der Waals surface area contributed by atoms with Crippen LogP contribution in [0, 0.1) is 0 Å². The van der Waals surface area contributed by atoms with Crippen LogP contribution in [0.1, 0.15) is 32.3 Å². The van der Waals surface area contributed by atoms with E-state index in [1.165, 1.54) is 6.07 Å². The Labute approximate surface area is 103 Å². The zero-order chi connectivity index (χ0) is 12.9. The van der Waals surface area contributed by atoms with E-state index in [2.05, 4.69) is 4.72 Å². The molecule has 0 heterocycles. The number of hydrogen-bond acceptors (Lipinski definition) is 3. The summed E-state index contributed by atoms with van der Waals surface area (Å²) in [6.07, 6.45) is 2.56. The molecule has 0 spiro atoms. The zero-order valence-electron chi connectivity index (χ0n) is 10.4. The van der Waals surface area contributed by atoms with Gasteiger partial charge in [0.25, 0.3) is 0 Å². The number of aryl methyl sites for hydroxylation is 1. The van der Waals surface area contributed by atoms with Gasteiger partial charge in [-0.05, 0) is 36.6 Å². The molecule has 1 aromatic rings. The summed E-state index contributed by atoms with van der Waals surface area (Å²) in [5.41, 5.74) is 7.11. The van der Waals surface area contributed by atoms with Gasteiger partial charge in [-0.15, -0.1) is 0 Å². The number of rotatable bonds is 6. The molecule has 4 nitrogen and oxygen atoms in total. The predicted octanol–water partition coefficient (Wildman–Crippen LogP) is 1.91. The van der Waals surface area contributed by atoms with Crippen molar-refractivity contribution in [2.24, 2.45) is 0 Å². The van der Waals surface area contributed by atoms with Crippen LogP contribution in [0.25, 0.3) is 0 Å². The number of nitrogens with one attached hydrogen (secondary N) is 1. The van der Waals surface area contributed by atoms with Crippen molar-refractivity contribution < 1.29 is 8.42 Å². The Bertz CT molecular complexity index is 469. The molecule has 3 N–H and O–H groups in total. The molecule has 5 heteroatoms. The number of sulfonamides is 1. The van der Waals surface area contributed by atoms with Crippen molar-refractivity contribution in [3.05, 3.63) is 23.8 Å². The zero-order valence-corrected chi connectivity index (χ0v) is 11.2. The summed E-state index contributed by atoms with van der Waals surface area (Å²) in [4.78, 5) is 0.255. The second kappa shape index (κ2) is 6.02. The van der Waals surface area contributed by atoms with Gasteiger partial charge in [-0.25, -0.2) is 13.1 Å². The third kappa shape index (κ3) is 4.02. The number of nitrogen functional groups attached to an aromatic ring is 1. The molecule has 0 atom stereocenters. The van der Waals surface area contributed by atoms with Crippen LogP contribution in [0.15, 0.2) is 23.1 Å². The summed E-state index contributed by atoms with van der Waals surface area (Å²) in [6, 6.07) is 4.96. The van der Waals surface area contributed by atoms with Crippen molar-refractivity contribution in [2.75, 3.05) is 12.3 Å². The van der Waals surface area contributed by atoms with Crippen molar-refractivity contribution in [3.63, 3.8) is 0 Å². The summed E-state index contributed by atoms with van der Waals surface area (Å²) < 4.78 is 26.5. The van der Waals surface area contributed by atoms with E-state index in [4.69, 9.17) is 5.73 Å². The van der Waals surface area contributed by atoms with E-state index in [0.717, 1.165) is 24.8 Å². The third-order valence-electron chi connectivity index (χ3n) is 2.53. The molecule has 1 aromatic carbocycles. The number of nitrogens with two attached hydrogens (primary N) is 1. The van der Waals surface area contributed by atoms with Crippen LogP contribution in [-0.4, -0.2) is 15.0 Å². The number of unbranched alkanes of at least 4 members (excludes halogenated alkanes) is 1. The minimum Gasteiger partial charge on any atom is -0.399 e. The maximum absolute atomic E-state index is 12.0. The summed E-state index contributed by atoms with van der Waals surface area (Å²) in [6.45, 7) is 4.45. The largest absolute Gasteiger partial charge is 0.399 e. The van der Waals surface area contributed by atoms with Gasteiger partial charge in [-0.1, -0.05) is 20.3 Å². The highest BCUT2D eigenvalue weighted by molar-refractivity contribution is 7.89. The fraction of sp³-hybridized carbons (Fsp3) is 0.500. The topological polar surface area (TPSA) is 72.2 Å². The lowest BCUT2D eigenvalue weighted by Gasteiger charge is -2.08. The molecule has 0 unspecified atom stereocenters. The van der Waals surface area contributed by atoms with Gasteiger partial charge in [0.2, 0.25) is 10.0 Å². The lowest BCUT2D eigenvalue weighted by molar-refractivity contribution is 0.578. The summed E-state index contributed by atoms with van der Waals surface area (Å²) in [5, 5.41) is 0. The molecule has 0 aromatic heterocycles. The second-order valence-corrected chi connectivity index (χ2v) is 5.78. The Morgan fingerprint density at radius 1 is 1.24 bits per heavy atom. The molecule has 0 aliphatic heterocycles. The fourth-order valence-corrected chi connectivity index (χ4v) is 2.69. The lowest BCUT2D eigenvalue weighted by atomic mass is 10.1. The van der Waals surface area contributed by atoms with Gasteiger partial charge < -0.3 is 5.73 Å². The van der Waals surface area contributed by atoms with Crippen LogP contribution in [0.5, 0.6) is 0 Å². The SMILES string of the molecule is CCCCNS(=O)(=O)c1cc(N)cc(CC)c1. The Hall–Kier alpha value is -1.07. The summed E-state index contributed by atoms with van der Waals surface area (Å²) >= 11 is 0. The van der Waals surface area contributed by atoms with E-state index in [9.17, 15) is 8.42 Å². The second-order valence-electron chi connectivity index (χ2n) is 4.02. The average Bonchev–Trinajstić information content (AvgIpc) is 2.28. The van der Waals surface area contributed by atoms with Crippen LogP contribution in [-0.2, 0) is 16.4 Å². The number of anilines is 1. The van der Waals surface area contributed by atoms with E-state index >= 15 is 0 Å². The van der Waals surface area contributed by atoms with Crippen molar-refractivity contribution in [1.82, 2.24) is 4.72 Å². The van der Waals surface area contributed by atoms with Gasteiger partial charge in [-0.3, -0.25) is 0 Å². The van der Waals surface area contributed by atoms with Gasteiger partial charge in [-0.2, -0.15) is 0 Å². The fourth-order valence-electron chi connectivity index (χ4n) is 1.51. The van der Waals surface area contributed by atoms with E-state index in [0.29, 0.717) is 12.2 Å². The number of hydrogen-bond donors (Lipinski definition) is 2. The molecule has 0 aliphatic carbocycles. The van der Waals surface area contributed by atoms with Gasteiger partial charge >= 0.3 is 0 Å². The Morgan fingerprint density at radius 3 is 2.53 bits per heavy atom. The van der Waals surface area contributed by atoms with Crippen molar-refractivity contribution >= 4 is 15.7 Å². The first-order chi connectivity index (χ1) is 7.99. The van der Waals surface area contributed by atoms with E-state index in [1.807, 2.05) is 13.8 Å². The van der Waals surface area contributed by atoms with Crippen LogP contribution >= 0.6 is 0 Å². The maximum Gasteiger partial charge on any atom is 0.240 e. The molecule has 0 saturated heterocycles. The van der Waals surface area contributed by atoms with Crippen LogP contribution in [0.3, 0.4) is 0 Å². The summed E-state index contributed by atoms with van der Waals surface area (Å²) in [7, 11) is -3.42. The molecule has 17 heavy (non-hydrogen) atoms. The smallest absolute Gasteiger partial charge is 0.240 e. The molecule has 0 bridgehead atoms. The highest BCUT2D eigenvalue weighted by atomic mass is 32.2. The standard InChI is InChI=1S/C12H20N2O2S/c1-3-5-6-14-17(15,16)12-8-10(4-2)7-11(13)9-12/h7-9,14H,3-6,13H2,1-2H3. The average molecular weight is 256 g/mol. The molecular formula is C12H20N2O2S. The highest BCUT2D eigenvalue weighted by Gasteiger charge is 2.14. The molecule has 0 amide bonds. The van der Waals surface area contributed by atoms with Gasteiger partial charge in [0, 0.05) is 12.2 Å². The van der Waals surface area contributed by atoms with Gasteiger partial charge in [0.1, 0.15) is 0 Å². The summed E-state index contributed by atoms with van der Waals surface area (Å²) in [5.74, 6) is 0. The van der Waals surface area contributed by atoms with Gasteiger partial charge in [0.05, 0.1) is 4.90 Å². The predicted molar refractivity (Wildman–Crippen MR) is 70.3 cm³/mol. The van der Waals surface area contributed by atoms with Crippen molar-refractivity contribution in [1.29, 1.82) is 0 Å². The molecule has 0 saturated carbocycles. The van der Waals surface area contributed by atoms with E-state index in [1.54, 1.807) is 12.1 Å². The van der Waals surface area contributed by atoms with E-state index in [-0.39, 0.29) is 4.90 Å². The first-order valence-corrected chi connectivity index (χ1v) is 7.37. The van der Waals surface area contributed by atoms with Gasteiger partial charge in [0.15, 0.2) is 0 Å². The minimum absolute atomic E-state index is 0.255. The van der Waals surface area contributed by atoms with E-state index < -0.39 is 10.0 Å². The normalized spacial score (nSPS) is 11.6. The first kappa shape index (κ1) is 14.0.